The third-order valence-corrected chi connectivity index (χ3v) is 5.48. The van der Waals surface area contributed by atoms with Crippen LogP contribution in [0.5, 0.6) is 0 Å². The molecule has 1 aliphatic heterocycles. The van der Waals surface area contributed by atoms with Crippen LogP contribution >= 0.6 is 0 Å². The minimum atomic E-state index is 0.352. The smallest absolute Gasteiger partial charge is 0.0303 e. The molecule has 126 valence electrons. The first-order valence-electron chi connectivity index (χ1n) is 9.32. The summed E-state index contributed by atoms with van der Waals surface area (Å²) in [7, 11) is 0. The zero-order valence-corrected chi connectivity index (χ0v) is 15.6. The Hall–Kier alpha value is -0.0800. The van der Waals surface area contributed by atoms with Crippen molar-refractivity contribution < 1.29 is 0 Å². The quantitative estimate of drug-likeness (QED) is 0.645. The molecule has 2 heteroatoms. The molecule has 0 amide bonds. The molecule has 2 unspecified atom stereocenters. The highest BCUT2D eigenvalue weighted by Crippen LogP contribution is 2.29. The van der Waals surface area contributed by atoms with Crippen LogP contribution in [-0.2, 0) is 0 Å². The summed E-state index contributed by atoms with van der Waals surface area (Å²) in [5, 5.41) is 3.81. The topological polar surface area (TPSA) is 15.3 Å². The van der Waals surface area contributed by atoms with Gasteiger partial charge in [-0.25, -0.2) is 0 Å². The fourth-order valence-corrected chi connectivity index (χ4v) is 3.33. The second kappa shape index (κ2) is 8.53. The number of nitrogens with one attached hydrogen (secondary N) is 1. The molecular formula is C19H40N2. The lowest BCUT2D eigenvalue weighted by Crippen LogP contribution is -2.65. The van der Waals surface area contributed by atoms with Crippen LogP contribution < -0.4 is 5.32 Å². The lowest BCUT2D eigenvalue weighted by Gasteiger charge is -2.51. The summed E-state index contributed by atoms with van der Waals surface area (Å²) in [5.74, 6) is 0. The SMILES string of the molecule is CCCCCCCCN1CC(C(C)(C)C)NCC1(C)CC. The van der Waals surface area contributed by atoms with Crippen molar-refractivity contribution in [3.63, 3.8) is 0 Å². The molecule has 1 aliphatic rings. The van der Waals surface area contributed by atoms with Crippen molar-refractivity contribution in [1.29, 1.82) is 0 Å². The molecule has 0 bridgehead atoms. The van der Waals surface area contributed by atoms with Gasteiger partial charge < -0.3 is 5.32 Å². The van der Waals surface area contributed by atoms with E-state index in [1.54, 1.807) is 0 Å². The lowest BCUT2D eigenvalue weighted by molar-refractivity contribution is 0.0209. The normalized spacial score (nSPS) is 28.0. The highest BCUT2D eigenvalue weighted by atomic mass is 15.3. The fourth-order valence-electron chi connectivity index (χ4n) is 3.33. The predicted molar refractivity (Wildman–Crippen MR) is 94.9 cm³/mol. The summed E-state index contributed by atoms with van der Waals surface area (Å²) in [4.78, 5) is 2.78. The van der Waals surface area contributed by atoms with Crippen LogP contribution in [-0.4, -0.2) is 36.1 Å². The third kappa shape index (κ3) is 5.90. The van der Waals surface area contributed by atoms with E-state index in [2.05, 4.69) is 51.8 Å². The average Bonchev–Trinajstić information content (AvgIpc) is 2.43. The van der Waals surface area contributed by atoms with Gasteiger partial charge in [0.25, 0.3) is 0 Å². The van der Waals surface area contributed by atoms with Gasteiger partial charge in [0.15, 0.2) is 0 Å². The van der Waals surface area contributed by atoms with Crippen molar-refractivity contribution in [3.05, 3.63) is 0 Å². The molecule has 2 nitrogen and oxygen atoms in total. The first-order valence-corrected chi connectivity index (χ1v) is 9.32. The highest BCUT2D eigenvalue weighted by molar-refractivity contribution is 4.98. The first-order chi connectivity index (χ1) is 9.83. The molecule has 2 atom stereocenters. The van der Waals surface area contributed by atoms with Gasteiger partial charge in [-0.1, -0.05) is 66.7 Å². The van der Waals surface area contributed by atoms with Gasteiger partial charge in [0.1, 0.15) is 0 Å². The number of piperazine rings is 1. The summed E-state index contributed by atoms with van der Waals surface area (Å²) in [6.07, 6.45) is 9.62. The van der Waals surface area contributed by atoms with Crippen LogP contribution in [0.1, 0.15) is 86.5 Å². The van der Waals surface area contributed by atoms with E-state index >= 15 is 0 Å². The molecule has 1 heterocycles. The van der Waals surface area contributed by atoms with Crippen LogP contribution in [0.15, 0.2) is 0 Å². The number of hydrogen-bond donors (Lipinski definition) is 1. The van der Waals surface area contributed by atoms with E-state index in [1.807, 2.05) is 0 Å². The monoisotopic (exact) mass is 296 g/mol. The highest BCUT2D eigenvalue weighted by Gasteiger charge is 2.39. The summed E-state index contributed by atoms with van der Waals surface area (Å²) >= 11 is 0. The standard InChI is InChI=1S/C19H40N2/c1-7-9-10-11-12-13-14-21-15-17(18(3,4)5)20-16-19(21,6)8-2/h17,20H,7-16H2,1-6H3. The van der Waals surface area contributed by atoms with Crippen LogP contribution in [0.2, 0.25) is 0 Å². The Balaban J connectivity index is 2.45. The maximum absolute atomic E-state index is 3.81. The van der Waals surface area contributed by atoms with Gasteiger partial charge in [0.05, 0.1) is 0 Å². The molecule has 0 aromatic carbocycles. The van der Waals surface area contributed by atoms with Crippen LogP contribution in [0.4, 0.5) is 0 Å². The van der Waals surface area contributed by atoms with Gasteiger partial charge in [0, 0.05) is 24.7 Å². The van der Waals surface area contributed by atoms with Crippen molar-refractivity contribution in [2.75, 3.05) is 19.6 Å². The van der Waals surface area contributed by atoms with E-state index in [-0.39, 0.29) is 0 Å². The maximum atomic E-state index is 3.81. The number of unbranched alkanes of at least 4 members (excludes halogenated alkanes) is 5. The predicted octanol–water partition coefficient (Wildman–Crippen LogP) is 4.84. The largest absolute Gasteiger partial charge is 0.310 e. The summed E-state index contributed by atoms with van der Waals surface area (Å²) in [5.41, 5.74) is 0.708. The molecule has 1 saturated heterocycles. The van der Waals surface area contributed by atoms with Crippen molar-refractivity contribution in [1.82, 2.24) is 10.2 Å². The van der Waals surface area contributed by atoms with Crippen LogP contribution in [0.3, 0.4) is 0 Å². The van der Waals surface area contributed by atoms with E-state index < -0.39 is 0 Å². The van der Waals surface area contributed by atoms with Gasteiger partial charge in [-0.05, 0) is 31.7 Å². The van der Waals surface area contributed by atoms with Gasteiger partial charge >= 0.3 is 0 Å². The van der Waals surface area contributed by atoms with Crippen molar-refractivity contribution in [2.45, 2.75) is 98.1 Å². The molecule has 0 saturated carbocycles. The zero-order valence-electron chi connectivity index (χ0n) is 15.6. The Labute approximate surface area is 134 Å². The Morgan fingerprint density at radius 1 is 1.05 bits per heavy atom. The Morgan fingerprint density at radius 2 is 1.67 bits per heavy atom. The molecule has 0 spiro atoms. The molecule has 0 aromatic rings. The summed E-state index contributed by atoms with van der Waals surface area (Å²) < 4.78 is 0. The minimum Gasteiger partial charge on any atom is -0.310 e. The fraction of sp³-hybridized carbons (Fsp3) is 1.00. The number of nitrogens with zero attached hydrogens (tertiary/aromatic N) is 1. The molecule has 21 heavy (non-hydrogen) atoms. The van der Waals surface area contributed by atoms with Crippen molar-refractivity contribution in [2.24, 2.45) is 5.41 Å². The van der Waals surface area contributed by atoms with Gasteiger partial charge in [-0.15, -0.1) is 0 Å². The second-order valence-electron chi connectivity index (χ2n) is 8.36. The molecule has 1 fully saturated rings. The molecule has 0 aliphatic carbocycles. The van der Waals surface area contributed by atoms with Gasteiger partial charge in [-0.2, -0.15) is 0 Å². The second-order valence-corrected chi connectivity index (χ2v) is 8.36. The summed E-state index contributed by atoms with van der Waals surface area (Å²) in [6, 6.07) is 0.622. The van der Waals surface area contributed by atoms with Crippen LogP contribution in [0, 0.1) is 5.41 Å². The Morgan fingerprint density at radius 3 is 2.24 bits per heavy atom. The van der Waals surface area contributed by atoms with E-state index in [9.17, 15) is 0 Å². The zero-order chi connectivity index (χ0) is 15.9. The van der Waals surface area contributed by atoms with Crippen LogP contribution in [0.25, 0.3) is 0 Å². The first kappa shape index (κ1) is 19.0. The molecule has 0 aromatic heterocycles. The third-order valence-electron chi connectivity index (χ3n) is 5.48. The number of rotatable bonds is 8. The maximum Gasteiger partial charge on any atom is 0.0303 e. The number of hydrogen-bond acceptors (Lipinski definition) is 2. The van der Waals surface area contributed by atoms with E-state index in [4.69, 9.17) is 0 Å². The van der Waals surface area contributed by atoms with Crippen molar-refractivity contribution >= 4 is 0 Å². The minimum absolute atomic E-state index is 0.352. The average molecular weight is 297 g/mol. The lowest BCUT2D eigenvalue weighted by atomic mass is 9.81. The Kier molecular flexibility index (Phi) is 7.70. The summed E-state index contributed by atoms with van der Waals surface area (Å²) in [6.45, 7) is 17.8. The van der Waals surface area contributed by atoms with Gasteiger partial charge in [0.2, 0.25) is 0 Å². The van der Waals surface area contributed by atoms with E-state index in [0.29, 0.717) is 17.0 Å². The molecule has 0 radical (unpaired) electrons. The molecule has 1 rings (SSSR count). The van der Waals surface area contributed by atoms with E-state index in [1.165, 1.54) is 58.0 Å². The van der Waals surface area contributed by atoms with E-state index in [0.717, 1.165) is 6.54 Å². The molecule has 1 N–H and O–H groups in total. The molecular weight excluding hydrogens is 256 g/mol. The van der Waals surface area contributed by atoms with Crippen molar-refractivity contribution in [3.8, 4) is 0 Å². The van der Waals surface area contributed by atoms with Gasteiger partial charge in [-0.3, -0.25) is 4.90 Å². The Bertz CT molecular complexity index is 282.